The van der Waals surface area contributed by atoms with Gasteiger partial charge in [0.15, 0.2) is 23.2 Å². The van der Waals surface area contributed by atoms with Crippen LogP contribution in [0.2, 0.25) is 0 Å². The Kier molecular flexibility index (Phi) is 7.78. The fraction of sp³-hybridized carbons (Fsp3) is 0.375. The minimum atomic E-state index is -5.15. The van der Waals surface area contributed by atoms with Gasteiger partial charge in [-0.3, -0.25) is 0 Å². The van der Waals surface area contributed by atoms with E-state index in [9.17, 15) is 31.1 Å². The fourth-order valence-electron chi connectivity index (χ4n) is 3.62. The van der Waals surface area contributed by atoms with Crippen LogP contribution < -0.4 is 9.47 Å². The molecule has 1 aliphatic rings. The molecule has 0 saturated heterocycles. The molecule has 184 valence electrons. The standard InChI is InChI=1S/C24H22F6O4/c1-3-5-13-6-9-16(33-12-13)14-7-8-15(21(26)20(14)25)23(31)34-18-11-10-17(32-4-2)19(22(18)27)24(28,29)30/h7-11,13H,3-6,12H2,1-2H3. The molecule has 1 unspecified atom stereocenters. The molecule has 0 N–H and O–H groups in total. The molecule has 2 aromatic carbocycles. The average molecular weight is 488 g/mol. The van der Waals surface area contributed by atoms with Crippen molar-refractivity contribution in [3.05, 3.63) is 64.5 Å². The van der Waals surface area contributed by atoms with Gasteiger partial charge in [-0.2, -0.15) is 13.2 Å². The Labute approximate surface area is 192 Å². The van der Waals surface area contributed by atoms with Crippen molar-refractivity contribution in [2.75, 3.05) is 13.2 Å². The second-order valence-electron chi connectivity index (χ2n) is 7.63. The SMILES string of the molecule is CCCC1CC=C(c2ccc(C(=O)Oc3ccc(OCC)c(C(F)(F)F)c3F)c(F)c2F)OC1. The highest BCUT2D eigenvalue weighted by Gasteiger charge is 2.40. The molecule has 10 heteroatoms. The van der Waals surface area contributed by atoms with Gasteiger partial charge >= 0.3 is 12.1 Å². The lowest BCUT2D eigenvalue weighted by atomic mass is 9.97. The summed E-state index contributed by atoms with van der Waals surface area (Å²) in [4.78, 5) is 12.4. The van der Waals surface area contributed by atoms with Crippen LogP contribution in [0.25, 0.3) is 5.76 Å². The van der Waals surface area contributed by atoms with E-state index in [-0.39, 0.29) is 23.8 Å². The van der Waals surface area contributed by atoms with Crippen LogP contribution in [0.5, 0.6) is 11.5 Å². The molecule has 0 radical (unpaired) electrons. The van der Waals surface area contributed by atoms with Crippen LogP contribution >= 0.6 is 0 Å². The van der Waals surface area contributed by atoms with Gasteiger partial charge in [-0.05, 0) is 56.0 Å². The quantitative estimate of drug-likeness (QED) is 0.241. The molecule has 4 nitrogen and oxygen atoms in total. The maximum atomic E-state index is 14.7. The van der Waals surface area contributed by atoms with Crippen molar-refractivity contribution < 1.29 is 45.3 Å². The number of hydrogen-bond acceptors (Lipinski definition) is 4. The highest BCUT2D eigenvalue weighted by Crippen LogP contribution is 2.41. The highest BCUT2D eigenvalue weighted by atomic mass is 19.4. The second kappa shape index (κ2) is 10.4. The summed E-state index contributed by atoms with van der Waals surface area (Å²) < 4.78 is 98.7. The van der Waals surface area contributed by atoms with Crippen LogP contribution in [-0.2, 0) is 10.9 Å². The van der Waals surface area contributed by atoms with E-state index in [1.165, 1.54) is 6.92 Å². The molecule has 0 amide bonds. The third-order valence-corrected chi connectivity index (χ3v) is 5.23. The van der Waals surface area contributed by atoms with Gasteiger partial charge in [0.2, 0.25) is 0 Å². The van der Waals surface area contributed by atoms with E-state index in [0.717, 1.165) is 37.1 Å². The number of carbonyl (C=O) groups excluding carboxylic acids is 1. The molecule has 0 spiro atoms. The Balaban J connectivity index is 1.87. The molecule has 3 rings (SSSR count). The molecule has 34 heavy (non-hydrogen) atoms. The Hall–Kier alpha value is -3.17. The van der Waals surface area contributed by atoms with E-state index in [1.807, 2.05) is 6.92 Å². The van der Waals surface area contributed by atoms with Crippen molar-refractivity contribution in [2.45, 2.75) is 39.3 Å². The molecular weight excluding hydrogens is 466 g/mol. The van der Waals surface area contributed by atoms with E-state index in [4.69, 9.17) is 9.47 Å². The van der Waals surface area contributed by atoms with Crippen molar-refractivity contribution in [2.24, 2.45) is 5.92 Å². The van der Waals surface area contributed by atoms with Gasteiger partial charge in [0, 0.05) is 0 Å². The topological polar surface area (TPSA) is 44.8 Å². The van der Waals surface area contributed by atoms with E-state index in [1.54, 1.807) is 6.08 Å². The number of esters is 1. The first kappa shape index (κ1) is 25.5. The number of allylic oxidation sites excluding steroid dienone is 1. The zero-order chi connectivity index (χ0) is 25.0. The number of carbonyl (C=O) groups is 1. The molecular formula is C24H22F6O4. The van der Waals surface area contributed by atoms with Crippen molar-refractivity contribution in [3.63, 3.8) is 0 Å². The minimum Gasteiger partial charge on any atom is -0.493 e. The van der Waals surface area contributed by atoms with Crippen molar-refractivity contribution in [1.82, 2.24) is 0 Å². The van der Waals surface area contributed by atoms with Crippen LogP contribution in [0.15, 0.2) is 30.3 Å². The fourth-order valence-corrected chi connectivity index (χ4v) is 3.62. The molecule has 0 saturated carbocycles. The molecule has 1 aliphatic heterocycles. The molecule has 1 heterocycles. The van der Waals surface area contributed by atoms with Crippen LogP contribution in [-0.4, -0.2) is 19.2 Å². The lowest BCUT2D eigenvalue weighted by Crippen LogP contribution is -2.17. The van der Waals surface area contributed by atoms with Gasteiger partial charge in [-0.15, -0.1) is 0 Å². The Morgan fingerprint density at radius 3 is 2.32 bits per heavy atom. The van der Waals surface area contributed by atoms with Gasteiger partial charge < -0.3 is 14.2 Å². The highest BCUT2D eigenvalue weighted by molar-refractivity contribution is 5.92. The second-order valence-corrected chi connectivity index (χ2v) is 7.63. The minimum absolute atomic E-state index is 0.121. The number of halogens is 6. The van der Waals surface area contributed by atoms with Gasteiger partial charge in [-0.1, -0.05) is 13.3 Å². The summed E-state index contributed by atoms with van der Waals surface area (Å²) >= 11 is 0. The summed E-state index contributed by atoms with van der Waals surface area (Å²) in [6.45, 7) is 3.60. The number of alkyl halides is 3. The molecule has 1 atom stereocenters. The summed E-state index contributed by atoms with van der Waals surface area (Å²) in [5, 5.41) is 0. The Morgan fingerprint density at radius 2 is 1.74 bits per heavy atom. The zero-order valence-electron chi connectivity index (χ0n) is 18.4. The molecule has 0 aromatic heterocycles. The van der Waals surface area contributed by atoms with E-state index in [0.29, 0.717) is 13.0 Å². The van der Waals surface area contributed by atoms with E-state index in [2.05, 4.69) is 4.74 Å². The summed E-state index contributed by atoms with van der Waals surface area (Å²) in [6, 6.07) is 3.51. The third kappa shape index (κ3) is 5.31. The predicted octanol–water partition coefficient (Wildman–Crippen LogP) is 6.92. The monoisotopic (exact) mass is 488 g/mol. The lowest BCUT2D eigenvalue weighted by Gasteiger charge is -2.23. The number of benzene rings is 2. The number of ether oxygens (including phenoxy) is 3. The van der Waals surface area contributed by atoms with Gasteiger partial charge in [0.1, 0.15) is 17.1 Å². The molecule has 2 aromatic rings. The first-order valence-corrected chi connectivity index (χ1v) is 10.6. The Bertz CT molecular complexity index is 1090. The molecule has 0 bridgehead atoms. The van der Waals surface area contributed by atoms with Gasteiger partial charge in [0.05, 0.1) is 24.3 Å². The smallest absolute Gasteiger partial charge is 0.422 e. The first-order valence-electron chi connectivity index (χ1n) is 10.6. The number of rotatable bonds is 7. The number of hydrogen-bond donors (Lipinski definition) is 0. The third-order valence-electron chi connectivity index (χ3n) is 5.23. The van der Waals surface area contributed by atoms with Crippen molar-refractivity contribution in [1.29, 1.82) is 0 Å². The van der Waals surface area contributed by atoms with Crippen LogP contribution in [0.4, 0.5) is 26.3 Å². The maximum absolute atomic E-state index is 14.7. The molecule has 0 aliphatic carbocycles. The summed E-state index contributed by atoms with van der Waals surface area (Å²) in [5.41, 5.74) is -2.90. The molecule has 0 fully saturated rings. The van der Waals surface area contributed by atoms with Crippen molar-refractivity contribution >= 4 is 11.7 Å². The first-order chi connectivity index (χ1) is 16.1. The Morgan fingerprint density at radius 1 is 1.03 bits per heavy atom. The van der Waals surface area contributed by atoms with Crippen LogP contribution in [0.3, 0.4) is 0 Å². The normalized spacial score (nSPS) is 16.0. The predicted molar refractivity (Wildman–Crippen MR) is 111 cm³/mol. The van der Waals surface area contributed by atoms with Crippen molar-refractivity contribution in [3.8, 4) is 11.5 Å². The zero-order valence-corrected chi connectivity index (χ0v) is 18.4. The summed E-state index contributed by atoms with van der Waals surface area (Å²) in [7, 11) is 0. The average Bonchev–Trinajstić information content (AvgIpc) is 2.77. The lowest BCUT2D eigenvalue weighted by molar-refractivity contribution is -0.141. The largest absolute Gasteiger partial charge is 0.493 e. The van der Waals surface area contributed by atoms with Crippen LogP contribution in [0.1, 0.15) is 54.6 Å². The maximum Gasteiger partial charge on any atom is 0.422 e. The van der Waals surface area contributed by atoms with Gasteiger partial charge in [-0.25, -0.2) is 18.0 Å². The van der Waals surface area contributed by atoms with E-state index >= 15 is 0 Å². The summed E-state index contributed by atoms with van der Waals surface area (Å²) in [5.74, 6) is -7.98. The van der Waals surface area contributed by atoms with Crippen LogP contribution in [0, 0.1) is 23.4 Å². The van der Waals surface area contributed by atoms with Gasteiger partial charge in [0.25, 0.3) is 0 Å². The summed E-state index contributed by atoms with van der Waals surface area (Å²) in [6.07, 6.45) is -1.03. The van der Waals surface area contributed by atoms with E-state index < -0.39 is 52.2 Å².